The van der Waals surface area contributed by atoms with Crippen molar-refractivity contribution in [1.29, 1.82) is 0 Å². The van der Waals surface area contributed by atoms with Crippen LogP contribution in [-0.4, -0.2) is 48.1 Å². The smallest absolute Gasteiger partial charge is 0.414 e. The van der Waals surface area contributed by atoms with Gasteiger partial charge in [0, 0.05) is 36.4 Å². The maximum atomic E-state index is 13.4. The molecule has 2 saturated carbocycles. The maximum Gasteiger partial charge on any atom is 0.414 e. The van der Waals surface area contributed by atoms with Gasteiger partial charge in [-0.15, -0.1) is 0 Å². The summed E-state index contributed by atoms with van der Waals surface area (Å²) in [7, 11) is 1.45. The summed E-state index contributed by atoms with van der Waals surface area (Å²) in [6, 6.07) is 8.21. The lowest BCUT2D eigenvalue weighted by atomic mass is 9.56. The highest BCUT2D eigenvalue weighted by Crippen LogP contribution is 2.69. The number of ether oxygens (including phenoxy) is 1. The number of hydrogen-bond acceptors (Lipinski definition) is 4. The highest BCUT2D eigenvalue weighted by atomic mass is 16.5. The first-order valence-corrected chi connectivity index (χ1v) is 10.0. The molecule has 0 unspecified atom stereocenters. The highest BCUT2D eigenvalue weighted by molar-refractivity contribution is 6.01. The molecular weight excluding hydrogens is 340 g/mol. The summed E-state index contributed by atoms with van der Waals surface area (Å²) in [5.74, 6) is 0.211. The van der Waals surface area contributed by atoms with E-state index in [-0.39, 0.29) is 23.0 Å². The van der Waals surface area contributed by atoms with Crippen molar-refractivity contribution in [3.05, 3.63) is 42.0 Å². The van der Waals surface area contributed by atoms with Gasteiger partial charge in [-0.25, -0.2) is 4.79 Å². The number of benzene rings is 1. The van der Waals surface area contributed by atoms with Gasteiger partial charge in [0.1, 0.15) is 5.78 Å². The molecule has 6 aliphatic rings. The van der Waals surface area contributed by atoms with Gasteiger partial charge in [0.25, 0.3) is 0 Å². The summed E-state index contributed by atoms with van der Waals surface area (Å²) < 4.78 is 5.25. The van der Waals surface area contributed by atoms with Crippen LogP contribution in [0.2, 0.25) is 0 Å². The number of carbonyl (C=O) groups excluding carboxylic acids is 2. The second-order valence-corrected chi connectivity index (χ2v) is 8.93. The van der Waals surface area contributed by atoms with Crippen molar-refractivity contribution < 1.29 is 14.3 Å². The quantitative estimate of drug-likeness (QED) is 0.664. The van der Waals surface area contributed by atoms with E-state index in [2.05, 4.69) is 23.1 Å². The highest BCUT2D eigenvalue weighted by Gasteiger charge is 2.75. The Balaban J connectivity index is 1.64. The number of nitrogens with zero attached hydrogens (tertiary/aromatic N) is 2. The number of anilines is 1. The fourth-order valence-electron chi connectivity index (χ4n) is 7.39. The van der Waals surface area contributed by atoms with Gasteiger partial charge in [0.05, 0.1) is 18.3 Å². The number of rotatable bonds is 0. The molecular formula is C22H24N2O3. The molecule has 0 aromatic heterocycles. The number of ketones is 1. The minimum absolute atomic E-state index is 0.00135. The molecule has 2 aliphatic carbocycles. The van der Waals surface area contributed by atoms with E-state index in [4.69, 9.17) is 4.74 Å². The minimum atomic E-state index is -0.464. The Kier molecular flexibility index (Phi) is 2.83. The molecule has 5 heteroatoms. The zero-order valence-electron chi connectivity index (χ0n) is 15.6. The first-order valence-electron chi connectivity index (χ1n) is 10.0. The van der Waals surface area contributed by atoms with E-state index < -0.39 is 5.54 Å². The predicted octanol–water partition coefficient (Wildman–Crippen LogP) is 3.04. The van der Waals surface area contributed by atoms with Crippen molar-refractivity contribution >= 4 is 17.6 Å². The molecule has 4 fully saturated rings. The molecule has 4 bridgehead atoms. The van der Waals surface area contributed by atoms with Gasteiger partial charge in [-0.2, -0.15) is 0 Å². The van der Waals surface area contributed by atoms with Crippen molar-refractivity contribution in [2.45, 2.75) is 48.6 Å². The van der Waals surface area contributed by atoms with Crippen LogP contribution < -0.4 is 4.90 Å². The van der Waals surface area contributed by atoms with Gasteiger partial charge in [-0.05, 0) is 37.3 Å². The summed E-state index contributed by atoms with van der Waals surface area (Å²) in [6.45, 7) is 1.95. The topological polar surface area (TPSA) is 49.9 Å². The first-order chi connectivity index (χ1) is 13.1. The monoisotopic (exact) mass is 364 g/mol. The van der Waals surface area contributed by atoms with E-state index in [1.165, 1.54) is 12.7 Å². The summed E-state index contributed by atoms with van der Waals surface area (Å²) >= 11 is 0. The van der Waals surface area contributed by atoms with Crippen LogP contribution in [-0.2, 0) is 14.9 Å². The Morgan fingerprint density at radius 1 is 1.22 bits per heavy atom. The SMILES string of the molecule is COC(=O)N1c2ccccc2[C@]23CCN4CC=C[C@]45CC[C@]12[C@@H](C5)C(=O)C3. The normalized spacial score (nSPS) is 41.1. The number of Topliss-reactive ketones (excluding diaryl/α,β-unsaturated/α-hetero) is 1. The van der Waals surface area contributed by atoms with Gasteiger partial charge in [0.2, 0.25) is 0 Å². The second-order valence-electron chi connectivity index (χ2n) is 8.93. The first kappa shape index (κ1) is 15.9. The van der Waals surface area contributed by atoms with E-state index in [1.54, 1.807) is 0 Å². The molecule has 4 aliphatic heterocycles. The zero-order valence-corrected chi connectivity index (χ0v) is 15.6. The summed E-state index contributed by atoms with van der Waals surface area (Å²) in [4.78, 5) is 30.9. The molecule has 1 aromatic rings. The molecule has 2 saturated heterocycles. The molecule has 7 rings (SSSR count). The zero-order chi connectivity index (χ0) is 18.4. The van der Waals surface area contributed by atoms with E-state index in [9.17, 15) is 9.59 Å². The Labute approximate surface area is 159 Å². The lowest BCUT2D eigenvalue weighted by molar-refractivity contribution is -0.123. The van der Waals surface area contributed by atoms with Crippen molar-refractivity contribution in [2.24, 2.45) is 5.92 Å². The fraction of sp³-hybridized carbons (Fsp3) is 0.545. The maximum absolute atomic E-state index is 13.4. The number of carbonyl (C=O) groups is 2. The van der Waals surface area contributed by atoms with E-state index in [0.717, 1.165) is 44.5 Å². The van der Waals surface area contributed by atoms with E-state index in [1.807, 2.05) is 23.1 Å². The summed E-state index contributed by atoms with van der Waals surface area (Å²) in [5, 5.41) is 0. The molecule has 27 heavy (non-hydrogen) atoms. The number of methoxy groups -OCH3 is 1. The van der Waals surface area contributed by atoms with Gasteiger partial charge in [-0.1, -0.05) is 30.4 Å². The third-order valence-corrected chi connectivity index (χ3v) is 8.38. The average Bonchev–Trinajstić information content (AvgIpc) is 3.24. The van der Waals surface area contributed by atoms with Crippen LogP contribution in [0.1, 0.15) is 37.7 Å². The van der Waals surface area contributed by atoms with Crippen molar-refractivity contribution in [2.75, 3.05) is 25.1 Å². The van der Waals surface area contributed by atoms with E-state index in [0.29, 0.717) is 12.2 Å². The Hall–Kier alpha value is -2.14. The standard InChI is InChI=1S/C22H24N2O3/c1-27-19(26)24-17-6-3-2-5-15(17)21-10-12-23-11-4-7-20(23)8-9-22(21,24)16(13-20)18(25)14-21/h2-7,16H,8-14H2,1H3/t16-,20+,21+,22+/m0/s1. The van der Waals surface area contributed by atoms with Gasteiger partial charge in [0.15, 0.2) is 0 Å². The van der Waals surface area contributed by atoms with E-state index >= 15 is 0 Å². The Morgan fingerprint density at radius 2 is 2.07 bits per heavy atom. The summed E-state index contributed by atoms with van der Waals surface area (Å²) in [5.41, 5.74) is 1.38. The predicted molar refractivity (Wildman–Crippen MR) is 101 cm³/mol. The number of para-hydroxylation sites is 1. The third kappa shape index (κ3) is 1.55. The molecule has 5 nitrogen and oxygen atoms in total. The molecule has 0 N–H and O–H groups in total. The van der Waals surface area contributed by atoms with Crippen molar-refractivity contribution in [3.63, 3.8) is 0 Å². The molecule has 0 radical (unpaired) electrons. The molecule has 2 spiro atoms. The molecule has 1 amide bonds. The van der Waals surface area contributed by atoms with Crippen LogP contribution in [0.5, 0.6) is 0 Å². The van der Waals surface area contributed by atoms with Crippen molar-refractivity contribution in [1.82, 2.24) is 4.90 Å². The summed E-state index contributed by atoms with van der Waals surface area (Å²) in [6.07, 6.45) is 8.43. The molecule has 4 atom stereocenters. The number of fused-ring (bicyclic) bond motifs is 3. The lowest BCUT2D eigenvalue weighted by Gasteiger charge is -2.58. The van der Waals surface area contributed by atoms with Crippen LogP contribution in [0.15, 0.2) is 36.4 Å². The largest absolute Gasteiger partial charge is 0.452 e. The second kappa shape index (κ2) is 4.82. The molecule has 4 heterocycles. The average molecular weight is 364 g/mol. The van der Waals surface area contributed by atoms with Crippen LogP contribution >= 0.6 is 0 Å². The Morgan fingerprint density at radius 3 is 2.93 bits per heavy atom. The Bertz CT molecular complexity index is 911. The molecule has 1 aromatic carbocycles. The van der Waals surface area contributed by atoms with Crippen LogP contribution in [0.3, 0.4) is 0 Å². The van der Waals surface area contributed by atoms with Gasteiger partial charge >= 0.3 is 6.09 Å². The van der Waals surface area contributed by atoms with Gasteiger partial charge < -0.3 is 4.74 Å². The lowest BCUT2D eigenvalue weighted by Crippen LogP contribution is -2.68. The third-order valence-electron chi connectivity index (χ3n) is 8.38. The van der Waals surface area contributed by atoms with Gasteiger partial charge in [-0.3, -0.25) is 14.6 Å². The number of hydrogen-bond donors (Lipinski definition) is 0. The molecule has 140 valence electrons. The van der Waals surface area contributed by atoms with Crippen LogP contribution in [0.25, 0.3) is 0 Å². The minimum Gasteiger partial charge on any atom is -0.452 e. The fourth-order valence-corrected chi connectivity index (χ4v) is 7.39. The number of amides is 1. The van der Waals surface area contributed by atoms with Crippen LogP contribution in [0.4, 0.5) is 10.5 Å². The van der Waals surface area contributed by atoms with Crippen LogP contribution in [0, 0.1) is 5.92 Å². The van der Waals surface area contributed by atoms with Crippen molar-refractivity contribution in [3.8, 4) is 0 Å².